The van der Waals surface area contributed by atoms with Gasteiger partial charge in [-0.05, 0) is 30.7 Å². The molecule has 3 aromatic rings. The van der Waals surface area contributed by atoms with Crippen LogP contribution >= 0.6 is 0 Å². The summed E-state index contributed by atoms with van der Waals surface area (Å²) in [6.07, 6.45) is 5.21. The van der Waals surface area contributed by atoms with Crippen molar-refractivity contribution in [2.75, 3.05) is 5.43 Å². The summed E-state index contributed by atoms with van der Waals surface area (Å²) in [4.78, 5) is 8.56. The first-order valence-electron chi connectivity index (χ1n) is 6.38. The van der Waals surface area contributed by atoms with Crippen LogP contribution in [0.15, 0.2) is 60.0 Å². The minimum Gasteiger partial charge on any atom is -0.264 e. The maximum absolute atomic E-state index is 4.53. The van der Waals surface area contributed by atoms with Crippen molar-refractivity contribution in [1.82, 2.24) is 9.97 Å². The fraction of sp³-hybridized carbons (Fsp3) is 0.0625. The van der Waals surface area contributed by atoms with Crippen molar-refractivity contribution < 1.29 is 0 Å². The van der Waals surface area contributed by atoms with Crippen molar-refractivity contribution in [3.8, 4) is 0 Å². The van der Waals surface area contributed by atoms with Crippen LogP contribution in [0.1, 0.15) is 11.1 Å². The Hall–Kier alpha value is -2.75. The fourth-order valence-electron chi connectivity index (χ4n) is 2.03. The number of anilines is 1. The van der Waals surface area contributed by atoms with E-state index in [0.717, 1.165) is 22.3 Å². The van der Waals surface area contributed by atoms with E-state index in [1.165, 1.54) is 5.56 Å². The third-order valence-corrected chi connectivity index (χ3v) is 3.00. The van der Waals surface area contributed by atoms with Crippen LogP contribution in [0.2, 0.25) is 0 Å². The number of rotatable bonds is 3. The average molecular weight is 262 g/mol. The average Bonchev–Trinajstić information content (AvgIpc) is 2.48. The summed E-state index contributed by atoms with van der Waals surface area (Å²) in [5.74, 6) is 0.737. The van der Waals surface area contributed by atoms with Gasteiger partial charge in [-0.3, -0.25) is 10.4 Å². The highest BCUT2D eigenvalue weighted by molar-refractivity contribution is 5.84. The van der Waals surface area contributed by atoms with Gasteiger partial charge in [0, 0.05) is 23.3 Å². The van der Waals surface area contributed by atoms with Crippen molar-refractivity contribution in [2.24, 2.45) is 5.10 Å². The molecule has 0 amide bonds. The Balaban J connectivity index is 1.83. The quantitative estimate of drug-likeness (QED) is 0.581. The number of fused-ring (bicyclic) bond motifs is 1. The molecule has 0 saturated heterocycles. The minimum absolute atomic E-state index is 0.737. The molecule has 0 aliphatic carbocycles. The second-order valence-corrected chi connectivity index (χ2v) is 4.50. The van der Waals surface area contributed by atoms with E-state index in [-0.39, 0.29) is 0 Å². The molecule has 0 aliphatic rings. The van der Waals surface area contributed by atoms with Crippen LogP contribution in [0.3, 0.4) is 0 Å². The fourth-order valence-corrected chi connectivity index (χ4v) is 2.03. The normalized spacial score (nSPS) is 11.1. The van der Waals surface area contributed by atoms with E-state index in [0.29, 0.717) is 0 Å². The second kappa shape index (κ2) is 5.48. The van der Waals surface area contributed by atoms with E-state index in [2.05, 4.69) is 33.5 Å². The van der Waals surface area contributed by atoms with Gasteiger partial charge in [0.2, 0.25) is 0 Å². The molecule has 0 bridgehead atoms. The van der Waals surface area contributed by atoms with Crippen LogP contribution in [0, 0.1) is 6.92 Å². The van der Waals surface area contributed by atoms with Crippen molar-refractivity contribution >= 4 is 22.9 Å². The van der Waals surface area contributed by atoms with Gasteiger partial charge in [0.05, 0.1) is 11.7 Å². The highest BCUT2D eigenvalue weighted by atomic mass is 15.3. The SMILES string of the molecule is Cc1cc(N/N=C/c2cccnc2)nc2ccccc12. The number of benzene rings is 1. The van der Waals surface area contributed by atoms with Crippen molar-refractivity contribution in [2.45, 2.75) is 6.92 Å². The first-order valence-corrected chi connectivity index (χ1v) is 6.38. The van der Waals surface area contributed by atoms with Crippen LogP contribution in [0.4, 0.5) is 5.82 Å². The number of pyridine rings is 2. The van der Waals surface area contributed by atoms with Crippen molar-refractivity contribution in [3.63, 3.8) is 0 Å². The van der Waals surface area contributed by atoms with Gasteiger partial charge in [-0.25, -0.2) is 4.98 Å². The van der Waals surface area contributed by atoms with E-state index in [4.69, 9.17) is 0 Å². The molecule has 0 aliphatic heterocycles. The van der Waals surface area contributed by atoms with E-state index < -0.39 is 0 Å². The van der Waals surface area contributed by atoms with E-state index in [9.17, 15) is 0 Å². The Morgan fingerprint density at radius 1 is 1.15 bits per heavy atom. The summed E-state index contributed by atoms with van der Waals surface area (Å²) in [7, 11) is 0. The molecule has 20 heavy (non-hydrogen) atoms. The Bertz CT molecular complexity index is 751. The smallest absolute Gasteiger partial charge is 0.147 e. The number of hydrogen-bond acceptors (Lipinski definition) is 4. The predicted molar refractivity (Wildman–Crippen MR) is 81.9 cm³/mol. The van der Waals surface area contributed by atoms with Gasteiger partial charge in [0.15, 0.2) is 0 Å². The number of hydrazone groups is 1. The summed E-state index contributed by atoms with van der Waals surface area (Å²) < 4.78 is 0. The predicted octanol–water partition coefficient (Wildman–Crippen LogP) is 3.38. The van der Waals surface area contributed by atoms with Crippen LogP contribution in [0.5, 0.6) is 0 Å². The molecule has 2 aromatic heterocycles. The van der Waals surface area contributed by atoms with Gasteiger partial charge < -0.3 is 0 Å². The van der Waals surface area contributed by atoms with Gasteiger partial charge in [0.1, 0.15) is 5.82 Å². The summed E-state index contributed by atoms with van der Waals surface area (Å²) in [6, 6.07) is 13.9. The summed E-state index contributed by atoms with van der Waals surface area (Å²) in [6.45, 7) is 2.07. The summed E-state index contributed by atoms with van der Waals surface area (Å²) >= 11 is 0. The largest absolute Gasteiger partial charge is 0.264 e. The molecule has 0 fully saturated rings. The lowest BCUT2D eigenvalue weighted by molar-refractivity contribution is 1.25. The molecule has 4 heteroatoms. The first-order chi connectivity index (χ1) is 9.83. The van der Waals surface area contributed by atoms with E-state index >= 15 is 0 Å². The summed E-state index contributed by atoms with van der Waals surface area (Å²) in [5, 5.41) is 5.34. The molecule has 3 rings (SSSR count). The van der Waals surface area contributed by atoms with Crippen LogP contribution < -0.4 is 5.43 Å². The highest BCUT2D eigenvalue weighted by Crippen LogP contribution is 2.19. The molecule has 0 radical (unpaired) electrons. The number of nitrogens with zero attached hydrogens (tertiary/aromatic N) is 3. The standard InChI is InChI=1S/C16H14N4/c1-12-9-16(19-15-7-3-2-6-14(12)15)20-18-11-13-5-4-8-17-10-13/h2-11H,1H3,(H,19,20)/b18-11+. The zero-order valence-electron chi connectivity index (χ0n) is 11.1. The number of para-hydroxylation sites is 1. The van der Waals surface area contributed by atoms with Crippen LogP contribution in [-0.2, 0) is 0 Å². The molecule has 1 aromatic carbocycles. The topological polar surface area (TPSA) is 50.2 Å². The molecule has 4 nitrogen and oxygen atoms in total. The lowest BCUT2D eigenvalue weighted by Gasteiger charge is -2.05. The molecular formula is C16H14N4. The second-order valence-electron chi connectivity index (χ2n) is 4.50. The molecule has 0 unspecified atom stereocenters. The van der Waals surface area contributed by atoms with E-state index in [1.54, 1.807) is 18.6 Å². The minimum atomic E-state index is 0.737. The van der Waals surface area contributed by atoms with Crippen molar-refractivity contribution in [3.05, 3.63) is 66.0 Å². The van der Waals surface area contributed by atoms with Gasteiger partial charge >= 0.3 is 0 Å². The Kier molecular flexibility index (Phi) is 3.37. The molecular weight excluding hydrogens is 248 g/mol. The lowest BCUT2D eigenvalue weighted by atomic mass is 10.1. The third-order valence-electron chi connectivity index (χ3n) is 3.00. The lowest BCUT2D eigenvalue weighted by Crippen LogP contribution is -1.95. The zero-order valence-corrected chi connectivity index (χ0v) is 11.1. The van der Waals surface area contributed by atoms with Crippen molar-refractivity contribution in [1.29, 1.82) is 0 Å². The molecule has 1 N–H and O–H groups in total. The molecule has 98 valence electrons. The van der Waals surface area contributed by atoms with Crippen LogP contribution in [-0.4, -0.2) is 16.2 Å². The number of hydrogen-bond donors (Lipinski definition) is 1. The molecule has 0 atom stereocenters. The molecule has 2 heterocycles. The van der Waals surface area contributed by atoms with E-state index in [1.807, 2.05) is 36.4 Å². The van der Waals surface area contributed by atoms with Gasteiger partial charge in [0.25, 0.3) is 0 Å². The number of aromatic nitrogens is 2. The third kappa shape index (κ3) is 2.64. The summed E-state index contributed by atoms with van der Waals surface area (Å²) in [5.41, 5.74) is 6.04. The Morgan fingerprint density at radius 3 is 2.90 bits per heavy atom. The maximum Gasteiger partial charge on any atom is 0.147 e. The molecule has 0 spiro atoms. The number of nitrogens with one attached hydrogen (secondary N) is 1. The molecule has 0 saturated carbocycles. The Labute approximate surface area is 117 Å². The number of aryl methyl sites for hydroxylation is 1. The maximum atomic E-state index is 4.53. The van der Waals surface area contributed by atoms with Gasteiger partial charge in [-0.2, -0.15) is 5.10 Å². The highest BCUT2D eigenvalue weighted by Gasteiger charge is 2.00. The van der Waals surface area contributed by atoms with Gasteiger partial charge in [-0.1, -0.05) is 24.3 Å². The zero-order chi connectivity index (χ0) is 13.8. The van der Waals surface area contributed by atoms with Gasteiger partial charge in [-0.15, -0.1) is 0 Å². The first kappa shape index (κ1) is 12.3. The Morgan fingerprint density at radius 2 is 2.05 bits per heavy atom. The monoisotopic (exact) mass is 262 g/mol. The van der Waals surface area contributed by atoms with Crippen LogP contribution in [0.25, 0.3) is 10.9 Å².